The van der Waals surface area contributed by atoms with E-state index in [0.29, 0.717) is 36.9 Å². The second-order valence-corrected chi connectivity index (χ2v) is 5.71. The maximum atomic E-state index is 12.1. The van der Waals surface area contributed by atoms with Crippen molar-refractivity contribution in [3.05, 3.63) is 57.6 Å². The average molecular weight is 357 g/mol. The van der Waals surface area contributed by atoms with Crippen LogP contribution in [0.4, 0.5) is 11.4 Å². The molecule has 1 heterocycles. The molecule has 3 rings (SSSR count). The molecule has 8 nitrogen and oxygen atoms in total. The van der Waals surface area contributed by atoms with Crippen LogP contribution in [0.25, 0.3) is 0 Å². The number of benzene rings is 2. The van der Waals surface area contributed by atoms with Crippen molar-refractivity contribution in [2.75, 3.05) is 25.6 Å². The predicted octanol–water partition coefficient (Wildman–Crippen LogP) is 2.73. The van der Waals surface area contributed by atoms with Crippen LogP contribution in [0.5, 0.6) is 11.5 Å². The van der Waals surface area contributed by atoms with Crippen molar-refractivity contribution in [2.45, 2.75) is 13.0 Å². The Morgan fingerprint density at radius 3 is 2.81 bits per heavy atom. The van der Waals surface area contributed by atoms with Crippen LogP contribution < -0.4 is 20.1 Å². The quantitative estimate of drug-likeness (QED) is 0.630. The van der Waals surface area contributed by atoms with E-state index in [2.05, 4.69) is 10.6 Å². The highest BCUT2D eigenvalue weighted by molar-refractivity contribution is 6.00. The Balaban J connectivity index is 1.86. The van der Waals surface area contributed by atoms with Gasteiger partial charge in [0.2, 0.25) is 0 Å². The Labute approximate surface area is 150 Å². The number of rotatable bonds is 5. The van der Waals surface area contributed by atoms with Gasteiger partial charge in [-0.2, -0.15) is 0 Å². The fraction of sp³-hybridized carbons (Fsp3) is 0.278. The number of hydrogen-bond donors (Lipinski definition) is 2. The molecule has 2 N–H and O–H groups in total. The number of anilines is 1. The van der Waals surface area contributed by atoms with Gasteiger partial charge in [-0.25, -0.2) is 0 Å². The van der Waals surface area contributed by atoms with Crippen LogP contribution >= 0.6 is 0 Å². The fourth-order valence-corrected chi connectivity index (χ4v) is 2.71. The average Bonchev–Trinajstić information content (AvgIpc) is 2.91. The SMILES string of the molecule is CNC(=O)c1cc([N+](=O)[O-])ccc1NCc1cccc2c1OCCCO2. The lowest BCUT2D eigenvalue weighted by atomic mass is 10.1. The molecule has 2 aromatic carbocycles. The number of carbonyl (C=O) groups is 1. The van der Waals surface area contributed by atoms with E-state index in [1.807, 2.05) is 18.2 Å². The summed E-state index contributed by atoms with van der Waals surface area (Å²) in [5.74, 6) is 0.973. The van der Waals surface area contributed by atoms with Crippen LogP contribution in [0.2, 0.25) is 0 Å². The number of amides is 1. The molecule has 0 radical (unpaired) electrons. The first-order valence-electron chi connectivity index (χ1n) is 8.22. The number of nitro benzene ring substituents is 1. The smallest absolute Gasteiger partial charge is 0.270 e. The summed E-state index contributed by atoms with van der Waals surface area (Å²) in [6, 6.07) is 9.78. The molecule has 136 valence electrons. The molecule has 0 unspecified atom stereocenters. The minimum atomic E-state index is -0.529. The van der Waals surface area contributed by atoms with E-state index in [1.165, 1.54) is 25.2 Å². The van der Waals surface area contributed by atoms with Crippen molar-refractivity contribution < 1.29 is 19.2 Å². The molecular formula is C18H19N3O5. The van der Waals surface area contributed by atoms with Crippen LogP contribution in [-0.2, 0) is 6.54 Å². The molecule has 26 heavy (non-hydrogen) atoms. The number of hydrogen-bond acceptors (Lipinski definition) is 6. The second kappa shape index (κ2) is 7.73. The van der Waals surface area contributed by atoms with Crippen LogP contribution in [0.1, 0.15) is 22.3 Å². The van der Waals surface area contributed by atoms with Crippen LogP contribution in [0, 0.1) is 10.1 Å². The summed E-state index contributed by atoms with van der Waals surface area (Å²) >= 11 is 0. The summed E-state index contributed by atoms with van der Waals surface area (Å²) in [5.41, 5.74) is 1.45. The van der Waals surface area contributed by atoms with E-state index in [1.54, 1.807) is 0 Å². The first-order chi connectivity index (χ1) is 12.6. The zero-order valence-electron chi connectivity index (χ0n) is 14.3. The summed E-state index contributed by atoms with van der Waals surface area (Å²) in [7, 11) is 1.48. The highest BCUT2D eigenvalue weighted by Gasteiger charge is 2.18. The number of nitrogens with one attached hydrogen (secondary N) is 2. The van der Waals surface area contributed by atoms with Crippen molar-refractivity contribution in [3.63, 3.8) is 0 Å². The zero-order valence-corrected chi connectivity index (χ0v) is 14.3. The Bertz CT molecular complexity index is 838. The maximum Gasteiger partial charge on any atom is 0.270 e. The third kappa shape index (κ3) is 3.69. The normalized spacial score (nSPS) is 12.8. The number of fused-ring (bicyclic) bond motifs is 1. The predicted molar refractivity (Wildman–Crippen MR) is 95.9 cm³/mol. The monoisotopic (exact) mass is 357 g/mol. The van der Waals surface area contributed by atoms with Crippen molar-refractivity contribution in [2.24, 2.45) is 0 Å². The van der Waals surface area contributed by atoms with Crippen molar-refractivity contribution in [3.8, 4) is 11.5 Å². The Kier molecular flexibility index (Phi) is 5.21. The minimum Gasteiger partial charge on any atom is -0.490 e. The molecule has 1 aliphatic rings. The molecule has 0 atom stereocenters. The number of para-hydroxylation sites is 1. The summed E-state index contributed by atoms with van der Waals surface area (Å²) in [6.07, 6.45) is 0.810. The Hall–Kier alpha value is -3.29. The molecule has 1 amide bonds. The molecule has 0 fully saturated rings. The number of nitro groups is 1. The van der Waals surface area contributed by atoms with Gasteiger partial charge in [-0.05, 0) is 12.1 Å². The van der Waals surface area contributed by atoms with Gasteiger partial charge in [0.1, 0.15) is 0 Å². The fourth-order valence-electron chi connectivity index (χ4n) is 2.71. The van der Waals surface area contributed by atoms with Crippen LogP contribution in [-0.4, -0.2) is 31.1 Å². The minimum absolute atomic E-state index is 0.139. The first kappa shape index (κ1) is 17.5. The van der Waals surface area contributed by atoms with Gasteiger partial charge in [0.15, 0.2) is 11.5 Å². The molecule has 0 aliphatic carbocycles. The second-order valence-electron chi connectivity index (χ2n) is 5.71. The van der Waals surface area contributed by atoms with E-state index >= 15 is 0 Å². The van der Waals surface area contributed by atoms with Gasteiger partial charge >= 0.3 is 0 Å². The lowest BCUT2D eigenvalue weighted by molar-refractivity contribution is -0.384. The van der Waals surface area contributed by atoms with E-state index < -0.39 is 10.8 Å². The highest BCUT2D eigenvalue weighted by Crippen LogP contribution is 2.34. The van der Waals surface area contributed by atoms with E-state index in [4.69, 9.17) is 9.47 Å². The molecule has 8 heteroatoms. The third-order valence-corrected chi connectivity index (χ3v) is 4.01. The van der Waals surface area contributed by atoms with Gasteiger partial charge in [0.05, 0.1) is 23.7 Å². The molecule has 0 saturated heterocycles. The van der Waals surface area contributed by atoms with E-state index in [9.17, 15) is 14.9 Å². The number of nitrogens with zero attached hydrogens (tertiary/aromatic N) is 1. The summed E-state index contributed by atoms with van der Waals surface area (Å²) in [6.45, 7) is 1.56. The van der Waals surface area contributed by atoms with Gasteiger partial charge in [-0.3, -0.25) is 14.9 Å². The first-order valence-corrected chi connectivity index (χ1v) is 8.22. The lowest BCUT2D eigenvalue weighted by Gasteiger charge is -2.15. The highest BCUT2D eigenvalue weighted by atomic mass is 16.6. The van der Waals surface area contributed by atoms with Crippen molar-refractivity contribution in [1.82, 2.24) is 5.32 Å². The van der Waals surface area contributed by atoms with Crippen LogP contribution in [0.3, 0.4) is 0 Å². The largest absolute Gasteiger partial charge is 0.490 e. The molecule has 0 spiro atoms. The number of carbonyl (C=O) groups excluding carboxylic acids is 1. The van der Waals surface area contributed by atoms with Gasteiger partial charge in [0.25, 0.3) is 11.6 Å². The summed E-state index contributed by atoms with van der Waals surface area (Å²) in [5, 5.41) is 16.6. The van der Waals surface area contributed by atoms with Gasteiger partial charge in [-0.15, -0.1) is 0 Å². The molecule has 0 saturated carbocycles. The van der Waals surface area contributed by atoms with Crippen LogP contribution in [0.15, 0.2) is 36.4 Å². The topological polar surface area (TPSA) is 103 Å². The maximum absolute atomic E-state index is 12.1. The van der Waals surface area contributed by atoms with Gasteiger partial charge in [0, 0.05) is 43.4 Å². The summed E-state index contributed by atoms with van der Waals surface area (Å²) in [4.78, 5) is 22.5. The molecular weight excluding hydrogens is 338 g/mol. The molecule has 1 aliphatic heterocycles. The molecule has 0 bridgehead atoms. The molecule has 2 aromatic rings. The number of non-ortho nitro benzene ring substituents is 1. The van der Waals surface area contributed by atoms with E-state index in [0.717, 1.165) is 12.0 Å². The molecule has 0 aromatic heterocycles. The zero-order chi connectivity index (χ0) is 18.5. The van der Waals surface area contributed by atoms with Crippen molar-refractivity contribution >= 4 is 17.3 Å². The number of ether oxygens (including phenoxy) is 2. The Morgan fingerprint density at radius 2 is 2.04 bits per heavy atom. The van der Waals surface area contributed by atoms with Crippen molar-refractivity contribution in [1.29, 1.82) is 0 Å². The standard InChI is InChI=1S/C18H19N3O5/c1-19-18(22)14-10-13(21(23)24)6-7-15(14)20-11-12-4-2-5-16-17(12)26-9-3-8-25-16/h2,4-7,10,20H,3,8-9,11H2,1H3,(H,19,22). The third-order valence-electron chi connectivity index (χ3n) is 4.01. The Morgan fingerprint density at radius 1 is 1.23 bits per heavy atom. The van der Waals surface area contributed by atoms with E-state index in [-0.39, 0.29) is 11.3 Å². The van der Waals surface area contributed by atoms with Gasteiger partial charge in [-0.1, -0.05) is 12.1 Å². The lowest BCUT2D eigenvalue weighted by Crippen LogP contribution is -2.20. The summed E-state index contributed by atoms with van der Waals surface area (Å²) < 4.78 is 11.5. The van der Waals surface area contributed by atoms with Gasteiger partial charge < -0.3 is 20.1 Å².